The second kappa shape index (κ2) is 5.43. The maximum Gasteiger partial charge on any atom is 0.202 e. The molecule has 0 radical (unpaired) electrons. The number of ether oxygens (including phenoxy) is 2. The second-order valence-corrected chi connectivity index (χ2v) is 4.66. The molecule has 0 aliphatic rings. The first-order chi connectivity index (χ1) is 9.90. The van der Waals surface area contributed by atoms with Gasteiger partial charge in [-0.25, -0.2) is 4.98 Å². The minimum absolute atomic E-state index is 0.0932. The van der Waals surface area contributed by atoms with Crippen LogP contribution in [-0.4, -0.2) is 35.3 Å². The van der Waals surface area contributed by atoms with Gasteiger partial charge < -0.3 is 15.2 Å². The van der Waals surface area contributed by atoms with Crippen molar-refractivity contribution in [2.75, 3.05) is 20.0 Å². The number of fused-ring (bicyclic) bond motifs is 1. The molecule has 7 heteroatoms. The van der Waals surface area contributed by atoms with Crippen LogP contribution in [0.25, 0.3) is 11.0 Å². The quantitative estimate of drug-likeness (QED) is 0.835. The number of nitrogens with two attached hydrogens (primary N) is 1. The number of methoxy groups -OCH3 is 2. The van der Waals surface area contributed by atoms with Gasteiger partial charge in [0.2, 0.25) is 5.95 Å². The molecule has 0 amide bonds. The van der Waals surface area contributed by atoms with Crippen LogP contribution >= 0.6 is 0 Å². The molecule has 0 saturated carbocycles. The number of benzene rings is 1. The van der Waals surface area contributed by atoms with Crippen molar-refractivity contribution >= 4 is 28.5 Å². The van der Waals surface area contributed by atoms with Crippen molar-refractivity contribution in [3.63, 3.8) is 0 Å². The van der Waals surface area contributed by atoms with Crippen LogP contribution in [0.15, 0.2) is 12.1 Å². The molecule has 0 spiro atoms. The Balaban J connectivity index is 2.77. The summed E-state index contributed by atoms with van der Waals surface area (Å²) in [5, 5.41) is 0. The number of carbonyl (C=O) groups is 2. The fraction of sp³-hybridized carbons (Fsp3) is 0.357. The largest absolute Gasteiger partial charge is 0.493 e. The van der Waals surface area contributed by atoms with Crippen molar-refractivity contribution in [1.82, 2.24) is 9.55 Å². The predicted octanol–water partition coefficient (Wildman–Crippen LogP) is 1.35. The lowest BCUT2D eigenvalue weighted by atomic mass is 10.1. The monoisotopic (exact) mass is 291 g/mol. The van der Waals surface area contributed by atoms with Crippen LogP contribution in [0.1, 0.15) is 19.9 Å². The lowest BCUT2D eigenvalue weighted by Crippen LogP contribution is -2.25. The van der Waals surface area contributed by atoms with Gasteiger partial charge in [0.05, 0.1) is 25.3 Å². The molecule has 1 aromatic carbocycles. The summed E-state index contributed by atoms with van der Waals surface area (Å²) in [6.45, 7) is 2.69. The Morgan fingerprint density at radius 2 is 1.67 bits per heavy atom. The molecule has 1 aromatic heterocycles. The number of anilines is 1. The van der Waals surface area contributed by atoms with Gasteiger partial charge in [0.15, 0.2) is 29.1 Å². The van der Waals surface area contributed by atoms with Gasteiger partial charge in [0.1, 0.15) is 0 Å². The zero-order chi connectivity index (χ0) is 15.7. The first kappa shape index (κ1) is 14.8. The van der Waals surface area contributed by atoms with Gasteiger partial charge in [0, 0.05) is 12.1 Å². The number of nitrogens with zero attached hydrogens (tertiary/aromatic N) is 2. The van der Waals surface area contributed by atoms with E-state index in [9.17, 15) is 9.59 Å². The van der Waals surface area contributed by atoms with E-state index in [0.717, 1.165) is 0 Å². The zero-order valence-corrected chi connectivity index (χ0v) is 12.3. The average Bonchev–Trinajstić information content (AvgIpc) is 2.72. The van der Waals surface area contributed by atoms with E-state index in [1.807, 2.05) is 0 Å². The van der Waals surface area contributed by atoms with Crippen LogP contribution in [0, 0.1) is 0 Å². The molecular formula is C14H17N3O4. The minimum Gasteiger partial charge on any atom is -0.493 e. The SMILES string of the molecule is COc1cc2nc(N)n(C(C(C)=O)C(C)=O)c2cc1OC. The Labute approximate surface area is 121 Å². The Hall–Kier alpha value is -2.57. The first-order valence-electron chi connectivity index (χ1n) is 6.31. The molecule has 2 N–H and O–H groups in total. The molecular weight excluding hydrogens is 274 g/mol. The fourth-order valence-corrected chi connectivity index (χ4v) is 2.36. The molecule has 21 heavy (non-hydrogen) atoms. The number of imidazole rings is 1. The molecule has 0 unspecified atom stereocenters. The van der Waals surface area contributed by atoms with Crippen molar-refractivity contribution in [2.45, 2.75) is 19.9 Å². The number of Topliss-reactive ketones (excluding diaryl/α,β-unsaturated/α-hetero) is 2. The molecule has 0 fully saturated rings. The Morgan fingerprint density at radius 1 is 1.14 bits per heavy atom. The molecule has 2 rings (SSSR count). The van der Waals surface area contributed by atoms with Crippen molar-refractivity contribution in [3.05, 3.63) is 12.1 Å². The number of nitrogen functional groups attached to an aromatic ring is 1. The third-order valence-electron chi connectivity index (χ3n) is 3.25. The summed E-state index contributed by atoms with van der Waals surface area (Å²) in [7, 11) is 3.01. The molecule has 0 atom stereocenters. The summed E-state index contributed by atoms with van der Waals surface area (Å²) in [5.74, 6) is 0.455. The van der Waals surface area contributed by atoms with Crippen LogP contribution in [0.2, 0.25) is 0 Å². The van der Waals surface area contributed by atoms with Crippen LogP contribution in [0.5, 0.6) is 11.5 Å². The second-order valence-electron chi connectivity index (χ2n) is 4.66. The number of hydrogen-bond acceptors (Lipinski definition) is 6. The van der Waals surface area contributed by atoms with E-state index in [0.29, 0.717) is 22.5 Å². The predicted molar refractivity (Wildman–Crippen MR) is 77.6 cm³/mol. The van der Waals surface area contributed by atoms with Crippen LogP contribution in [-0.2, 0) is 9.59 Å². The highest BCUT2D eigenvalue weighted by atomic mass is 16.5. The summed E-state index contributed by atoms with van der Waals surface area (Å²) in [6, 6.07) is 2.31. The number of aromatic nitrogens is 2. The summed E-state index contributed by atoms with van der Waals surface area (Å²) < 4.78 is 11.9. The highest BCUT2D eigenvalue weighted by Crippen LogP contribution is 2.34. The van der Waals surface area contributed by atoms with Gasteiger partial charge in [-0.2, -0.15) is 0 Å². The van der Waals surface area contributed by atoms with Gasteiger partial charge in [-0.3, -0.25) is 14.2 Å². The highest BCUT2D eigenvalue weighted by Gasteiger charge is 2.26. The lowest BCUT2D eigenvalue weighted by Gasteiger charge is -2.15. The lowest BCUT2D eigenvalue weighted by molar-refractivity contribution is -0.129. The molecule has 2 aromatic rings. The molecule has 7 nitrogen and oxygen atoms in total. The molecule has 0 aliphatic carbocycles. The summed E-state index contributed by atoms with van der Waals surface area (Å²) in [6.07, 6.45) is 0. The van der Waals surface area contributed by atoms with Crippen molar-refractivity contribution in [1.29, 1.82) is 0 Å². The summed E-state index contributed by atoms with van der Waals surface area (Å²) in [5.41, 5.74) is 6.95. The van der Waals surface area contributed by atoms with Gasteiger partial charge in [0.25, 0.3) is 0 Å². The smallest absolute Gasteiger partial charge is 0.202 e. The standard InChI is InChI=1S/C14H17N3O4/c1-7(18)13(8(2)19)17-10-6-12(21-4)11(20-3)5-9(10)16-14(17)15/h5-6,13H,1-4H3,(H2,15,16). The average molecular weight is 291 g/mol. The Kier molecular flexibility index (Phi) is 3.84. The van der Waals surface area contributed by atoms with Gasteiger partial charge in [-0.05, 0) is 13.8 Å². The van der Waals surface area contributed by atoms with E-state index < -0.39 is 6.04 Å². The van der Waals surface area contributed by atoms with E-state index in [4.69, 9.17) is 15.2 Å². The van der Waals surface area contributed by atoms with E-state index in [-0.39, 0.29) is 17.5 Å². The highest BCUT2D eigenvalue weighted by molar-refractivity contribution is 6.04. The Bertz CT molecular complexity index is 707. The van der Waals surface area contributed by atoms with E-state index >= 15 is 0 Å². The van der Waals surface area contributed by atoms with Gasteiger partial charge >= 0.3 is 0 Å². The normalized spacial score (nSPS) is 10.9. The Morgan fingerprint density at radius 3 is 2.14 bits per heavy atom. The maximum atomic E-state index is 11.8. The van der Waals surface area contributed by atoms with Crippen LogP contribution in [0.3, 0.4) is 0 Å². The minimum atomic E-state index is -0.992. The number of rotatable bonds is 5. The zero-order valence-electron chi connectivity index (χ0n) is 12.3. The van der Waals surface area contributed by atoms with E-state index in [1.165, 1.54) is 32.6 Å². The molecule has 1 heterocycles. The third kappa shape index (κ3) is 2.42. The van der Waals surface area contributed by atoms with E-state index in [2.05, 4.69) is 4.98 Å². The molecule has 0 bridgehead atoms. The summed E-state index contributed by atoms with van der Waals surface area (Å²) in [4.78, 5) is 27.7. The number of carbonyl (C=O) groups excluding carboxylic acids is 2. The topological polar surface area (TPSA) is 96.4 Å². The van der Waals surface area contributed by atoms with Gasteiger partial charge in [-0.15, -0.1) is 0 Å². The number of ketones is 2. The van der Waals surface area contributed by atoms with Gasteiger partial charge in [-0.1, -0.05) is 0 Å². The molecule has 112 valence electrons. The molecule has 0 saturated heterocycles. The van der Waals surface area contributed by atoms with Crippen molar-refractivity contribution in [2.24, 2.45) is 0 Å². The van der Waals surface area contributed by atoms with Crippen molar-refractivity contribution < 1.29 is 19.1 Å². The van der Waals surface area contributed by atoms with E-state index in [1.54, 1.807) is 12.1 Å². The number of hydrogen-bond donors (Lipinski definition) is 1. The van der Waals surface area contributed by atoms with Crippen molar-refractivity contribution in [3.8, 4) is 11.5 Å². The fourth-order valence-electron chi connectivity index (χ4n) is 2.36. The molecule has 0 aliphatic heterocycles. The van der Waals surface area contributed by atoms with Crippen LogP contribution < -0.4 is 15.2 Å². The third-order valence-corrected chi connectivity index (χ3v) is 3.25. The van der Waals surface area contributed by atoms with Crippen LogP contribution in [0.4, 0.5) is 5.95 Å². The first-order valence-corrected chi connectivity index (χ1v) is 6.31. The summed E-state index contributed by atoms with van der Waals surface area (Å²) >= 11 is 0. The maximum absolute atomic E-state index is 11.8.